The molecule has 0 bridgehead atoms. The van der Waals surface area contributed by atoms with Crippen molar-refractivity contribution >= 4 is 23.5 Å². The highest BCUT2D eigenvalue weighted by molar-refractivity contribution is 7.98. The summed E-state index contributed by atoms with van der Waals surface area (Å²) in [4.78, 5) is 24.8. The van der Waals surface area contributed by atoms with Gasteiger partial charge in [0.25, 0.3) is 0 Å². The standard InChI is InChI=1S/C16H22N6OS/c1-11-9-12(2)22(19-11)15-10-14(17-16(18-15)24-4)21-7-5-20(6-8-21)13(3)23/h9-10H,5-8H2,1-4H3. The van der Waals surface area contributed by atoms with E-state index in [0.29, 0.717) is 0 Å². The molecule has 1 amide bonds. The molecule has 0 atom stereocenters. The molecule has 3 rings (SSSR count). The number of rotatable bonds is 3. The highest BCUT2D eigenvalue weighted by atomic mass is 32.2. The molecule has 3 heterocycles. The Kier molecular flexibility index (Phi) is 4.75. The van der Waals surface area contributed by atoms with Crippen molar-refractivity contribution in [2.75, 3.05) is 37.3 Å². The summed E-state index contributed by atoms with van der Waals surface area (Å²) in [5.74, 6) is 1.80. The largest absolute Gasteiger partial charge is 0.353 e. The molecule has 2 aromatic heterocycles. The Balaban J connectivity index is 1.90. The fraction of sp³-hybridized carbons (Fsp3) is 0.500. The molecule has 2 aromatic rings. The molecule has 1 aliphatic rings. The Morgan fingerprint density at radius 3 is 2.29 bits per heavy atom. The van der Waals surface area contributed by atoms with Gasteiger partial charge in [-0.15, -0.1) is 0 Å². The number of thioether (sulfide) groups is 1. The minimum atomic E-state index is 0.130. The zero-order valence-corrected chi connectivity index (χ0v) is 15.3. The number of aromatic nitrogens is 4. The minimum absolute atomic E-state index is 0.130. The Hall–Kier alpha value is -2.09. The maximum atomic E-state index is 11.5. The van der Waals surface area contributed by atoms with E-state index in [-0.39, 0.29) is 5.91 Å². The molecule has 0 aromatic carbocycles. The first-order chi connectivity index (χ1) is 11.5. The van der Waals surface area contributed by atoms with Crippen LogP contribution in [-0.2, 0) is 4.79 Å². The lowest BCUT2D eigenvalue weighted by molar-refractivity contribution is -0.129. The fourth-order valence-electron chi connectivity index (χ4n) is 2.87. The molecule has 1 aliphatic heterocycles. The predicted octanol–water partition coefficient (Wildman–Crippen LogP) is 1.67. The Morgan fingerprint density at radius 2 is 1.75 bits per heavy atom. The van der Waals surface area contributed by atoms with E-state index in [9.17, 15) is 4.79 Å². The Morgan fingerprint density at radius 1 is 1.08 bits per heavy atom. The summed E-state index contributed by atoms with van der Waals surface area (Å²) < 4.78 is 1.85. The van der Waals surface area contributed by atoms with Gasteiger partial charge in [0, 0.05) is 44.9 Å². The summed E-state index contributed by atoms with van der Waals surface area (Å²) in [5.41, 5.74) is 2.01. The van der Waals surface area contributed by atoms with E-state index in [2.05, 4.69) is 20.0 Å². The molecule has 1 fully saturated rings. The molecule has 24 heavy (non-hydrogen) atoms. The number of amides is 1. The van der Waals surface area contributed by atoms with Crippen molar-refractivity contribution in [2.45, 2.75) is 25.9 Å². The zero-order chi connectivity index (χ0) is 17.3. The van der Waals surface area contributed by atoms with Crippen LogP contribution in [0.1, 0.15) is 18.3 Å². The second-order valence-corrected chi connectivity index (χ2v) is 6.68. The first-order valence-electron chi connectivity index (χ1n) is 7.95. The SMILES string of the molecule is CSc1nc(N2CCN(C(C)=O)CC2)cc(-n2nc(C)cc2C)n1. The molecule has 0 aliphatic carbocycles. The molecule has 0 radical (unpaired) electrons. The van der Waals surface area contributed by atoms with Crippen LogP contribution in [0.5, 0.6) is 0 Å². The molecule has 8 heteroatoms. The first kappa shape index (κ1) is 16.8. The van der Waals surface area contributed by atoms with Crippen LogP contribution < -0.4 is 4.90 Å². The molecule has 0 unspecified atom stereocenters. The second kappa shape index (κ2) is 6.80. The van der Waals surface area contributed by atoms with Gasteiger partial charge in [-0.1, -0.05) is 11.8 Å². The van der Waals surface area contributed by atoms with Crippen molar-refractivity contribution in [1.29, 1.82) is 0 Å². The number of piperazine rings is 1. The lowest BCUT2D eigenvalue weighted by Gasteiger charge is -2.35. The number of aryl methyl sites for hydroxylation is 2. The number of carbonyl (C=O) groups excluding carboxylic acids is 1. The van der Waals surface area contributed by atoms with Crippen molar-refractivity contribution in [2.24, 2.45) is 0 Å². The number of nitrogens with zero attached hydrogens (tertiary/aromatic N) is 6. The smallest absolute Gasteiger partial charge is 0.219 e. The molecule has 0 spiro atoms. The highest BCUT2D eigenvalue weighted by Gasteiger charge is 2.21. The average molecular weight is 346 g/mol. The maximum absolute atomic E-state index is 11.5. The van der Waals surface area contributed by atoms with Crippen molar-refractivity contribution in [1.82, 2.24) is 24.6 Å². The normalized spacial score (nSPS) is 15.0. The van der Waals surface area contributed by atoms with Gasteiger partial charge in [0.15, 0.2) is 11.0 Å². The van der Waals surface area contributed by atoms with Gasteiger partial charge >= 0.3 is 0 Å². The first-order valence-corrected chi connectivity index (χ1v) is 9.17. The van der Waals surface area contributed by atoms with E-state index in [1.165, 1.54) is 11.8 Å². The lowest BCUT2D eigenvalue weighted by atomic mass is 10.3. The van der Waals surface area contributed by atoms with E-state index in [4.69, 9.17) is 0 Å². The summed E-state index contributed by atoms with van der Waals surface area (Å²) in [6, 6.07) is 4.01. The Bertz CT molecular complexity index is 751. The number of hydrogen-bond acceptors (Lipinski definition) is 6. The van der Waals surface area contributed by atoms with Crippen LogP contribution in [-0.4, -0.2) is 63.0 Å². The molecular weight excluding hydrogens is 324 g/mol. The zero-order valence-electron chi connectivity index (χ0n) is 14.5. The summed E-state index contributed by atoms with van der Waals surface area (Å²) >= 11 is 1.52. The number of carbonyl (C=O) groups is 1. The van der Waals surface area contributed by atoms with E-state index in [1.54, 1.807) is 6.92 Å². The Labute approximate surface area is 146 Å². The van der Waals surface area contributed by atoms with E-state index >= 15 is 0 Å². The van der Waals surface area contributed by atoms with Gasteiger partial charge in [-0.05, 0) is 26.2 Å². The molecule has 0 saturated carbocycles. The summed E-state index contributed by atoms with van der Waals surface area (Å²) in [5, 5.41) is 5.25. The van der Waals surface area contributed by atoms with Gasteiger partial charge in [-0.3, -0.25) is 4.79 Å². The van der Waals surface area contributed by atoms with Crippen LogP contribution in [0.25, 0.3) is 5.82 Å². The summed E-state index contributed by atoms with van der Waals surface area (Å²) in [7, 11) is 0. The predicted molar refractivity (Wildman–Crippen MR) is 94.9 cm³/mol. The molecule has 7 nitrogen and oxygen atoms in total. The van der Waals surface area contributed by atoms with Crippen molar-refractivity contribution in [3.63, 3.8) is 0 Å². The minimum Gasteiger partial charge on any atom is -0.353 e. The van der Waals surface area contributed by atoms with E-state index in [0.717, 1.165) is 54.4 Å². The highest BCUT2D eigenvalue weighted by Crippen LogP contribution is 2.22. The fourth-order valence-corrected chi connectivity index (χ4v) is 3.24. The monoisotopic (exact) mass is 346 g/mol. The quantitative estimate of drug-likeness (QED) is 0.622. The van der Waals surface area contributed by atoms with Gasteiger partial charge < -0.3 is 9.80 Å². The third-order valence-corrected chi connectivity index (χ3v) is 4.68. The van der Waals surface area contributed by atoms with E-state index < -0.39 is 0 Å². The molecule has 0 N–H and O–H groups in total. The van der Waals surface area contributed by atoms with Crippen LogP contribution in [0.15, 0.2) is 17.3 Å². The van der Waals surface area contributed by atoms with E-state index in [1.807, 2.05) is 41.8 Å². The third-order valence-electron chi connectivity index (χ3n) is 4.14. The van der Waals surface area contributed by atoms with Crippen LogP contribution in [0, 0.1) is 13.8 Å². The van der Waals surface area contributed by atoms with Crippen molar-refractivity contribution < 1.29 is 4.79 Å². The molecule has 128 valence electrons. The van der Waals surface area contributed by atoms with Gasteiger partial charge in [-0.25, -0.2) is 14.6 Å². The summed E-state index contributed by atoms with van der Waals surface area (Å²) in [6.45, 7) is 8.62. The van der Waals surface area contributed by atoms with Crippen LogP contribution in [0.4, 0.5) is 5.82 Å². The number of anilines is 1. The van der Waals surface area contributed by atoms with Gasteiger partial charge in [0.1, 0.15) is 5.82 Å². The van der Waals surface area contributed by atoms with Crippen LogP contribution >= 0.6 is 11.8 Å². The average Bonchev–Trinajstić information content (AvgIpc) is 2.93. The van der Waals surface area contributed by atoms with Crippen LogP contribution in [0.3, 0.4) is 0 Å². The second-order valence-electron chi connectivity index (χ2n) is 5.90. The van der Waals surface area contributed by atoms with Gasteiger partial charge in [0.05, 0.1) is 5.69 Å². The third kappa shape index (κ3) is 3.38. The van der Waals surface area contributed by atoms with Crippen molar-refractivity contribution in [3.8, 4) is 5.82 Å². The van der Waals surface area contributed by atoms with Crippen molar-refractivity contribution in [3.05, 3.63) is 23.5 Å². The summed E-state index contributed by atoms with van der Waals surface area (Å²) in [6.07, 6.45) is 1.97. The van der Waals surface area contributed by atoms with Gasteiger partial charge in [0.2, 0.25) is 5.91 Å². The topological polar surface area (TPSA) is 67.2 Å². The maximum Gasteiger partial charge on any atom is 0.219 e. The number of hydrogen-bond donors (Lipinski definition) is 0. The van der Waals surface area contributed by atoms with Gasteiger partial charge in [-0.2, -0.15) is 5.10 Å². The molecule has 1 saturated heterocycles. The molecular formula is C16H22N6OS. The van der Waals surface area contributed by atoms with Crippen LogP contribution in [0.2, 0.25) is 0 Å². The lowest BCUT2D eigenvalue weighted by Crippen LogP contribution is -2.48.